The molecule has 4 aromatic rings. The number of rotatable bonds is 5. The van der Waals surface area contributed by atoms with Crippen LogP contribution in [0.2, 0.25) is 5.02 Å². The standard InChI is InChI=1S/C13H10N4O3.C8H7ClF3NO/c18-7-15-8-1-3-9(4-2-8)20-10-5-6-14-12-11(10)16-13(19)17-12;1-14-7-3-5(9)4(2-6(7)13)8(10,11)12/h1-7H,(H,15,18)(H2,14,16,17,19);2-3H,13H2,1H3. The second kappa shape index (κ2) is 10.2. The van der Waals surface area contributed by atoms with Crippen molar-refractivity contribution >= 4 is 40.5 Å². The summed E-state index contributed by atoms with van der Waals surface area (Å²) in [5.74, 6) is 1.20. The molecule has 34 heavy (non-hydrogen) atoms. The topological polar surface area (TPSA) is 135 Å². The molecule has 0 aliphatic heterocycles. The molecule has 0 fully saturated rings. The fourth-order valence-corrected chi connectivity index (χ4v) is 3.04. The van der Waals surface area contributed by atoms with Crippen LogP contribution < -0.4 is 26.2 Å². The summed E-state index contributed by atoms with van der Waals surface area (Å²) in [6.45, 7) is 0. The number of hydrogen-bond donors (Lipinski definition) is 4. The van der Waals surface area contributed by atoms with E-state index in [1.807, 2.05) is 0 Å². The summed E-state index contributed by atoms with van der Waals surface area (Å²) in [7, 11) is 1.30. The maximum Gasteiger partial charge on any atom is 0.417 e. The van der Waals surface area contributed by atoms with E-state index in [1.165, 1.54) is 7.11 Å². The van der Waals surface area contributed by atoms with E-state index in [-0.39, 0.29) is 17.1 Å². The Bertz CT molecular complexity index is 1350. The van der Waals surface area contributed by atoms with Crippen LogP contribution in [0.5, 0.6) is 17.2 Å². The molecule has 1 amide bonds. The summed E-state index contributed by atoms with van der Waals surface area (Å²) in [6.07, 6.45) is -2.35. The molecule has 5 N–H and O–H groups in total. The van der Waals surface area contributed by atoms with E-state index in [1.54, 1.807) is 36.5 Å². The number of hydrogen-bond acceptors (Lipinski definition) is 6. The average molecular weight is 496 g/mol. The number of pyridine rings is 1. The lowest BCUT2D eigenvalue weighted by atomic mass is 10.2. The summed E-state index contributed by atoms with van der Waals surface area (Å²) in [5, 5.41) is 2.11. The molecule has 0 bridgehead atoms. The Morgan fingerprint density at radius 3 is 2.44 bits per heavy atom. The predicted octanol–water partition coefficient (Wildman–Crippen LogP) is 4.56. The number of benzene rings is 2. The molecule has 2 aromatic carbocycles. The molecule has 13 heteroatoms. The lowest BCUT2D eigenvalue weighted by molar-refractivity contribution is -0.137. The van der Waals surface area contributed by atoms with Gasteiger partial charge < -0.3 is 25.5 Å². The molecule has 9 nitrogen and oxygen atoms in total. The number of aromatic nitrogens is 3. The summed E-state index contributed by atoms with van der Waals surface area (Å²) in [6, 6.07) is 10.3. The van der Waals surface area contributed by atoms with Gasteiger partial charge in [0.25, 0.3) is 0 Å². The zero-order valence-electron chi connectivity index (χ0n) is 17.4. The lowest BCUT2D eigenvalue weighted by Gasteiger charge is -2.11. The number of alkyl halides is 3. The van der Waals surface area contributed by atoms with E-state index in [9.17, 15) is 22.8 Å². The molecule has 0 aliphatic carbocycles. The second-order valence-electron chi connectivity index (χ2n) is 6.57. The normalized spacial score (nSPS) is 10.9. The molecule has 0 spiro atoms. The molecule has 0 aliphatic rings. The lowest BCUT2D eigenvalue weighted by Crippen LogP contribution is -2.07. The summed E-state index contributed by atoms with van der Waals surface area (Å²) in [5.41, 5.74) is 5.53. The van der Waals surface area contributed by atoms with Crippen molar-refractivity contribution in [3.05, 3.63) is 69.7 Å². The molecule has 0 unspecified atom stereocenters. The first-order chi connectivity index (χ1) is 16.1. The third-order valence-corrected chi connectivity index (χ3v) is 4.63. The number of carbonyl (C=O) groups is 1. The number of halogens is 4. The molecule has 0 saturated carbocycles. The molecular formula is C21H17ClF3N5O4. The number of nitrogens with zero attached hydrogens (tertiary/aromatic N) is 1. The number of nitrogens with one attached hydrogen (secondary N) is 3. The average Bonchev–Trinajstić information content (AvgIpc) is 3.17. The van der Waals surface area contributed by atoms with Gasteiger partial charge >= 0.3 is 11.9 Å². The number of anilines is 2. The van der Waals surface area contributed by atoms with E-state index < -0.39 is 16.8 Å². The third kappa shape index (κ3) is 5.78. The maximum atomic E-state index is 12.3. The molecule has 4 rings (SSSR count). The minimum Gasteiger partial charge on any atom is -0.495 e. The zero-order chi connectivity index (χ0) is 24.9. The van der Waals surface area contributed by atoms with Gasteiger partial charge in [-0.1, -0.05) is 11.6 Å². The molecule has 0 saturated heterocycles. The first-order valence-corrected chi connectivity index (χ1v) is 9.75. The summed E-state index contributed by atoms with van der Waals surface area (Å²) in [4.78, 5) is 30.8. The summed E-state index contributed by atoms with van der Waals surface area (Å²) >= 11 is 5.41. The van der Waals surface area contributed by atoms with Gasteiger partial charge in [-0.25, -0.2) is 9.78 Å². The van der Waals surface area contributed by atoms with E-state index in [2.05, 4.69) is 20.3 Å². The highest BCUT2D eigenvalue weighted by Gasteiger charge is 2.34. The number of aromatic amines is 2. The van der Waals surface area contributed by atoms with Gasteiger partial charge in [-0.15, -0.1) is 0 Å². The quantitative estimate of drug-likeness (QED) is 0.237. The largest absolute Gasteiger partial charge is 0.495 e. The van der Waals surface area contributed by atoms with Crippen molar-refractivity contribution in [2.24, 2.45) is 0 Å². The smallest absolute Gasteiger partial charge is 0.417 e. The maximum absolute atomic E-state index is 12.3. The minimum absolute atomic E-state index is 0.0933. The van der Waals surface area contributed by atoms with Crippen molar-refractivity contribution in [3.8, 4) is 17.2 Å². The van der Waals surface area contributed by atoms with Crippen LogP contribution in [-0.4, -0.2) is 28.5 Å². The Kier molecular flexibility index (Phi) is 7.31. The number of fused-ring (bicyclic) bond motifs is 1. The molecule has 0 atom stereocenters. The Balaban J connectivity index is 0.000000204. The highest BCUT2D eigenvalue weighted by molar-refractivity contribution is 6.31. The molecule has 178 valence electrons. The number of ether oxygens (including phenoxy) is 2. The predicted molar refractivity (Wildman–Crippen MR) is 120 cm³/mol. The Morgan fingerprint density at radius 2 is 1.82 bits per heavy atom. The van der Waals surface area contributed by atoms with Gasteiger partial charge in [-0.2, -0.15) is 13.2 Å². The van der Waals surface area contributed by atoms with Gasteiger partial charge in [0.15, 0.2) is 11.4 Å². The number of methoxy groups -OCH3 is 1. The van der Waals surface area contributed by atoms with Crippen molar-refractivity contribution < 1.29 is 27.4 Å². The van der Waals surface area contributed by atoms with Crippen LogP contribution in [0.3, 0.4) is 0 Å². The highest BCUT2D eigenvalue weighted by atomic mass is 35.5. The molecular weight excluding hydrogens is 479 g/mol. The van der Waals surface area contributed by atoms with Gasteiger partial charge in [-0.3, -0.25) is 9.78 Å². The van der Waals surface area contributed by atoms with Crippen molar-refractivity contribution in [1.82, 2.24) is 15.0 Å². The number of nitrogens with two attached hydrogens (primary N) is 1. The van der Waals surface area contributed by atoms with Crippen LogP contribution in [0.4, 0.5) is 24.5 Å². The monoisotopic (exact) mass is 495 g/mol. The molecule has 2 heterocycles. The Labute approximate surface area is 194 Å². The van der Waals surface area contributed by atoms with Gasteiger partial charge in [-0.05, 0) is 30.3 Å². The van der Waals surface area contributed by atoms with E-state index in [0.29, 0.717) is 34.8 Å². The third-order valence-electron chi connectivity index (χ3n) is 4.32. The van der Waals surface area contributed by atoms with Crippen LogP contribution in [0, 0.1) is 0 Å². The Hall–Kier alpha value is -4.19. The van der Waals surface area contributed by atoms with E-state index in [4.69, 9.17) is 26.8 Å². The fraction of sp³-hybridized carbons (Fsp3) is 0.0952. The zero-order valence-corrected chi connectivity index (χ0v) is 18.1. The number of carbonyl (C=O) groups excluding carboxylic acids is 1. The summed E-state index contributed by atoms with van der Waals surface area (Å²) < 4.78 is 47.3. The van der Waals surface area contributed by atoms with Crippen LogP contribution in [0.25, 0.3) is 11.2 Å². The number of nitrogen functional groups attached to an aromatic ring is 1. The van der Waals surface area contributed by atoms with Crippen LogP contribution >= 0.6 is 11.6 Å². The van der Waals surface area contributed by atoms with Crippen molar-refractivity contribution in [2.45, 2.75) is 6.18 Å². The highest BCUT2D eigenvalue weighted by Crippen LogP contribution is 2.39. The van der Waals surface area contributed by atoms with E-state index >= 15 is 0 Å². The number of amides is 1. The molecule has 0 radical (unpaired) electrons. The van der Waals surface area contributed by atoms with Crippen molar-refractivity contribution in [2.75, 3.05) is 18.2 Å². The van der Waals surface area contributed by atoms with E-state index in [0.717, 1.165) is 12.1 Å². The Morgan fingerprint density at radius 1 is 1.12 bits per heavy atom. The van der Waals surface area contributed by atoms with Gasteiger partial charge in [0, 0.05) is 24.0 Å². The van der Waals surface area contributed by atoms with Crippen LogP contribution in [0.1, 0.15) is 5.56 Å². The first kappa shape index (κ1) is 24.5. The van der Waals surface area contributed by atoms with Gasteiger partial charge in [0.1, 0.15) is 17.0 Å². The van der Waals surface area contributed by atoms with Gasteiger partial charge in [0.2, 0.25) is 6.41 Å². The second-order valence-corrected chi connectivity index (χ2v) is 6.98. The molecule has 2 aromatic heterocycles. The van der Waals surface area contributed by atoms with Crippen molar-refractivity contribution in [3.63, 3.8) is 0 Å². The number of imidazole rings is 1. The van der Waals surface area contributed by atoms with Crippen LogP contribution in [0.15, 0.2) is 53.5 Å². The van der Waals surface area contributed by atoms with Crippen LogP contribution in [-0.2, 0) is 11.0 Å². The fourth-order valence-electron chi connectivity index (χ4n) is 2.78. The van der Waals surface area contributed by atoms with Gasteiger partial charge in [0.05, 0.1) is 23.4 Å². The SMILES string of the molecule is COc1cc(Cl)c(C(F)(F)F)cc1N.O=CNc1ccc(Oc2ccnc3[nH]c(=O)[nH]c23)cc1. The van der Waals surface area contributed by atoms with Crippen molar-refractivity contribution in [1.29, 1.82) is 0 Å². The first-order valence-electron chi connectivity index (χ1n) is 9.37. The number of H-pyrrole nitrogens is 2. The minimum atomic E-state index is -4.50.